The number of rotatable bonds is 2. The summed E-state index contributed by atoms with van der Waals surface area (Å²) in [4.78, 5) is 23.6. The van der Waals surface area contributed by atoms with Crippen LogP contribution in [0.3, 0.4) is 0 Å². The van der Waals surface area contributed by atoms with Crippen molar-refractivity contribution in [2.45, 2.75) is 6.92 Å². The van der Waals surface area contributed by atoms with E-state index < -0.39 is 16.5 Å². The summed E-state index contributed by atoms with van der Waals surface area (Å²) in [5.74, 6) is 0.281. The van der Waals surface area contributed by atoms with Crippen LogP contribution in [0.5, 0.6) is 6.01 Å². The number of carbonyl (C=O) groups excluding carboxylic acids is 1. The second kappa shape index (κ2) is 5.30. The van der Waals surface area contributed by atoms with Crippen molar-refractivity contribution in [3.8, 4) is 6.01 Å². The number of carbonyl (C=O) groups is 1. The Morgan fingerprint density at radius 1 is 1.35 bits per heavy atom. The van der Waals surface area contributed by atoms with Crippen molar-refractivity contribution in [1.29, 1.82) is 0 Å². The first-order valence-electron chi connectivity index (χ1n) is 4.29. The Kier molecular flexibility index (Phi) is 4.04. The minimum absolute atomic E-state index is 0.0235. The SMILES string of the molecule is COc1nc(C)nc(N(C)C(=O)N=S(=O)=O)n1. The van der Waals surface area contributed by atoms with Gasteiger partial charge < -0.3 is 4.74 Å². The highest BCUT2D eigenvalue weighted by Gasteiger charge is 2.15. The van der Waals surface area contributed by atoms with Gasteiger partial charge in [0.1, 0.15) is 5.82 Å². The summed E-state index contributed by atoms with van der Waals surface area (Å²) in [5.41, 5.74) is 0. The van der Waals surface area contributed by atoms with Crippen LogP contribution in [-0.2, 0) is 10.5 Å². The third-order valence-electron chi connectivity index (χ3n) is 1.64. The molecule has 9 nitrogen and oxygen atoms in total. The molecule has 0 radical (unpaired) electrons. The maximum Gasteiger partial charge on any atom is 0.365 e. The fourth-order valence-electron chi connectivity index (χ4n) is 0.896. The average Bonchev–Trinajstić information content (AvgIpc) is 2.26. The Morgan fingerprint density at radius 3 is 2.53 bits per heavy atom. The maximum absolute atomic E-state index is 11.3. The van der Waals surface area contributed by atoms with Crippen molar-refractivity contribution < 1.29 is 17.9 Å². The van der Waals surface area contributed by atoms with Crippen LogP contribution in [0.1, 0.15) is 5.82 Å². The second-order valence-electron chi connectivity index (χ2n) is 2.82. The molecule has 1 aromatic rings. The maximum atomic E-state index is 11.3. The molecule has 0 aliphatic heterocycles. The zero-order chi connectivity index (χ0) is 13.0. The number of amides is 2. The van der Waals surface area contributed by atoms with Gasteiger partial charge in [-0.2, -0.15) is 23.4 Å². The lowest BCUT2D eigenvalue weighted by atomic mass is 10.6. The quantitative estimate of drug-likeness (QED) is 0.722. The first-order chi connectivity index (χ1) is 7.93. The van der Waals surface area contributed by atoms with Gasteiger partial charge in [0.25, 0.3) is 0 Å². The Bertz CT molecular complexity index is 562. The Morgan fingerprint density at radius 2 is 2.00 bits per heavy atom. The number of hydrogen-bond acceptors (Lipinski definition) is 7. The number of aryl methyl sites for hydroxylation is 1. The predicted molar refractivity (Wildman–Crippen MR) is 56.3 cm³/mol. The monoisotopic (exact) mass is 259 g/mol. The number of methoxy groups -OCH3 is 1. The lowest BCUT2D eigenvalue weighted by Crippen LogP contribution is -2.25. The molecule has 0 fully saturated rings. The molecule has 92 valence electrons. The van der Waals surface area contributed by atoms with Gasteiger partial charge in [0.15, 0.2) is 0 Å². The van der Waals surface area contributed by atoms with Crippen LogP contribution in [0.2, 0.25) is 0 Å². The number of aromatic nitrogens is 3. The number of hydrogen-bond donors (Lipinski definition) is 0. The van der Waals surface area contributed by atoms with E-state index in [4.69, 9.17) is 4.74 Å². The summed E-state index contributed by atoms with van der Waals surface area (Å²) in [6, 6.07) is -0.985. The van der Waals surface area contributed by atoms with E-state index in [-0.39, 0.29) is 12.0 Å². The molecule has 2 amide bonds. The zero-order valence-electron chi connectivity index (χ0n) is 9.28. The van der Waals surface area contributed by atoms with E-state index in [1.54, 1.807) is 6.92 Å². The van der Waals surface area contributed by atoms with E-state index >= 15 is 0 Å². The van der Waals surface area contributed by atoms with Crippen molar-refractivity contribution >= 4 is 22.5 Å². The first kappa shape index (κ1) is 13.0. The van der Waals surface area contributed by atoms with E-state index in [2.05, 4.69) is 19.3 Å². The molecular formula is C7H9N5O4S. The molecule has 0 N–H and O–H groups in total. The van der Waals surface area contributed by atoms with Gasteiger partial charge in [0.05, 0.1) is 7.11 Å². The third kappa shape index (κ3) is 3.45. The molecule has 0 saturated heterocycles. The standard InChI is InChI=1S/C7H9N5O4S/c1-4-8-5(10-6(9-4)16-3)12(2)7(13)11-17(14)15/h1-3H3. The first-order valence-corrected chi connectivity index (χ1v) is 5.32. The normalized spacial score (nSPS) is 9.59. The molecule has 0 saturated carbocycles. The van der Waals surface area contributed by atoms with Crippen LogP contribution in [-0.4, -0.2) is 43.6 Å². The Labute approximate surface area is 98.2 Å². The molecular weight excluding hydrogens is 250 g/mol. The van der Waals surface area contributed by atoms with E-state index in [1.165, 1.54) is 14.2 Å². The van der Waals surface area contributed by atoms with Crippen molar-refractivity contribution in [2.75, 3.05) is 19.1 Å². The molecule has 17 heavy (non-hydrogen) atoms. The molecule has 0 atom stereocenters. The molecule has 0 spiro atoms. The summed E-state index contributed by atoms with van der Waals surface area (Å²) in [7, 11) is -0.178. The highest BCUT2D eigenvalue weighted by Crippen LogP contribution is 2.11. The van der Waals surface area contributed by atoms with Crippen LogP contribution in [0.15, 0.2) is 4.36 Å². The van der Waals surface area contributed by atoms with Gasteiger partial charge in [-0.3, -0.25) is 4.90 Å². The molecule has 0 aromatic carbocycles. The minimum Gasteiger partial charge on any atom is -0.467 e. The molecule has 0 aliphatic carbocycles. The van der Waals surface area contributed by atoms with Crippen LogP contribution < -0.4 is 9.64 Å². The van der Waals surface area contributed by atoms with Gasteiger partial charge in [-0.25, -0.2) is 4.79 Å². The summed E-state index contributed by atoms with van der Waals surface area (Å²) >= 11 is 0. The lowest BCUT2D eigenvalue weighted by Gasteiger charge is -2.11. The summed E-state index contributed by atoms with van der Waals surface area (Å²) in [6.07, 6.45) is 0. The summed E-state index contributed by atoms with van der Waals surface area (Å²) in [5, 5.41) is 0. The van der Waals surface area contributed by atoms with Crippen molar-refractivity contribution in [2.24, 2.45) is 4.36 Å². The molecule has 1 rings (SSSR count). The highest BCUT2D eigenvalue weighted by molar-refractivity contribution is 7.62. The van der Waals surface area contributed by atoms with Gasteiger partial charge in [-0.15, -0.1) is 0 Å². The van der Waals surface area contributed by atoms with E-state index in [0.29, 0.717) is 5.82 Å². The van der Waals surface area contributed by atoms with Crippen LogP contribution in [0, 0.1) is 6.92 Å². The number of anilines is 1. The molecule has 0 bridgehead atoms. The fraction of sp³-hybridized carbons (Fsp3) is 0.429. The number of nitrogens with zero attached hydrogens (tertiary/aromatic N) is 5. The minimum atomic E-state index is -2.82. The predicted octanol–water partition coefficient (Wildman–Crippen LogP) is -0.192. The van der Waals surface area contributed by atoms with E-state index in [9.17, 15) is 13.2 Å². The third-order valence-corrected chi connectivity index (χ3v) is 1.94. The van der Waals surface area contributed by atoms with E-state index in [1.807, 2.05) is 0 Å². The smallest absolute Gasteiger partial charge is 0.365 e. The van der Waals surface area contributed by atoms with Crippen LogP contribution in [0.4, 0.5) is 10.7 Å². The largest absolute Gasteiger partial charge is 0.467 e. The lowest BCUT2D eigenvalue weighted by molar-refractivity contribution is 0.255. The summed E-state index contributed by atoms with van der Waals surface area (Å²) < 4.78 is 28.1. The Balaban J connectivity index is 3.11. The van der Waals surface area contributed by atoms with Crippen LogP contribution in [0.25, 0.3) is 0 Å². The second-order valence-corrected chi connectivity index (χ2v) is 3.44. The number of urea groups is 1. The Hall–Kier alpha value is -2.10. The van der Waals surface area contributed by atoms with Crippen LogP contribution >= 0.6 is 0 Å². The topological polar surface area (TPSA) is 115 Å². The van der Waals surface area contributed by atoms with Gasteiger partial charge in [0.2, 0.25) is 5.95 Å². The fourth-order valence-corrected chi connectivity index (χ4v) is 1.15. The van der Waals surface area contributed by atoms with Gasteiger partial charge >= 0.3 is 22.5 Å². The zero-order valence-corrected chi connectivity index (χ0v) is 10.1. The highest BCUT2D eigenvalue weighted by atomic mass is 32.2. The van der Waals surface area contributed by atoms with Crippen molar-refractivity contribution in [3.63, 3.8) is 0 Å². The van der Waals surface area contributed by atoms with E-state index in [0.717, 1.165) is 4.90 Å². The van der Waals surface area contributed by atoms with Gasteiger partial charge in [-0.1, -0.05) is 4.36 Å². The van der Waals surface area contributed by atoms with Crippen molar-refractivity contribution in [1.82, 2.24) is 15.0 Å². The van der Waals surface area contributed by atoms with Gasteiger partial charge in [0, 0.05) is 7.05 Å². The molecule has 10 heteroatoms. The number of ether oxygens (including phenoxy) is 1. The molecule has 0 unspecified atom stereocenters. The molecule has 1 aromatic heterocycles. The van der Waals surface area contributed by atoms with Gasteiger partial charge in [-0.05, 0) is 6.92 Å². The molecule has 1 heterocycles. The summed E-state index contributed by atoms with van der Waals surface area (Å²) in [6.45, 7) is 1.58. The van der Waals surface area contributed by atoms with Crippen molar-refractivity contribution in [3.05, 3.63) is 5.82 Å². The molecule has 0 aliphatic rings. The average molecular weight is 259 g/mol.